The van der Waals surface area contributed by atoms with E-state index in [1.54, 1.807) is 18.2 Å². The summed E-state index contributed by atoms with van der Waals surface area (Å²) in [7, 11) is 0. The molecule has 1 amide bonds. The first-order valence-corrected chi connectivity index (χ1v) is 10.3. The van der Waals surface area contributed by atoms with Crippen molar-refractivity contribution < 1.29 is 18.0 Å². The molecule has 0 aliphatic heterocycles. The SMILES string of the molecule is O=C(Nc1nc2ccccc2s1)c1ccc2nc(Nc3ccccc3C(F)(F)F)[nH]c2c1. The van der Waals surface area contributed by atoms with Crippen molar-refractivity contribution in [1.82, 2.24) is 15.0 Å². The van der Waals surface area contributed by atoms with Gasteiger partial charge in [0.15, 0.2) is 5.13 Å². The van der Waals surface area contributed by atoms with Crippen molar-refractivity contribution in [2.45, 2.75) is 6.18 Å². The zero-order chi connectivity index (χ0) is 22.3. The number of imidazole rings is 1. The highest BCUT2D eigenvalue weighted by molar-refractivity contribution is 7.22. The summed E-state index contributed by atoms with van der Waals surface area (Å²) >= 11 is 1.37. The summed E-state index contributed by atoms with van der Waals surface area (Å²) in [4.78, 5) is 24.2. The standard InChI is InChI=1S/C22H14F3N5OS/c23-22(24,25)13-5-1-2-6-14(13)26-20-27-15-10-9-12(11-17(15)28-20)19(31)30-21-29-16-7-3-4-8-18(16)32-21/h1-11H,(H2,26,27,28)(H,29,30,31). The Morgan fingerprint density at radius 3 is 2.53 bits per heavy atom. The van der Waals surface area contributed by atoms with Crippen molar-refractivity contribution >= 4 is 55.3 Å². The number of amides is 1. The minimum Gasteiger partial charge on any atom is -0.325 e. The van der Waals surface area contributed by atoms with E-state index in [-0.39, 0.29) is 17.5 Å². The van der Waals surface area contributed by atoms with Crippen LogP contribution in [0.5, 0.6) is 0 Å². The molecule has 0 unspecified atom stereocenters. The second-order valence-corrected chi connectivity index (χ2v) is 7.96. The normalized spacial score (nSPS) is 11.7. The van der Waals surface area contributed by atoms with Crippen LogP contribution in [0.3, 0.4) is 0 Å². The molecule has 10 heteroatoms. The Labute approximate surface area is 183 Å². The number of benzene rings is 3. The lowest BCUT2D eigenvalue weighted by molar-refractivity contribution is -0.136. The van der Waals surface area contributed by atoms with Crippen LogP contribution in [0.1, 0.15) is 15.9 Å². The number of hydrogen-bond donors (Lipinski definition) is 3. The van der Waals surface area contributed by atoms with Gasteiger partial charge >= 0.3 is 6.18 Å². The first kappa shape index (κ1) is 20.0. The molecule has 0 saturated carbocycles. The largest absolute Gasteiger partial charge is 0.418 e. The lowest BCUT2D eigenvalue weighted by atomic mass is 10.1. The number of halogens is 3. The first-order valence-electron chi connectivity index (χ1n) is 9.47. The van der Waals surface area contributed by atoms with Gasteiger partial charge in [0, 0.05) is 5.56 Å². The third-order valence-corrected chi connectivity index (χ3v) is 5.70. The number of H-pyrrole nitrogens is 1. The molecule has 0 radical (unpaired) electrons. The van der Waals surface area contributed by atoms with E-state index in [1.165, 1.54) is 29.5 Å². The molecule has 3 N–H and O–H groups in total. The minimum atomic E-state index is -4.50. The van der Waals surface area contributed by atoms with E-state index in [1.807, 2.05) is 24.3 Å². The van der Waals surface area contributed by atoms with E-state index in [9.17, 15) is 18.0 Å². The van der Waals surface area contributed by atoms with Gasteiger partial charge in [0.05, 0.1) is 32.5 Å². The summed E-state index contributed by atoms with van der Waals surface area (Å²) in [6.07, 6.45) is -4.50. The Hall–Kier alpha value is -3.92. The van der Waals surface area contributed by atoms with Crippen molar-refractivity contribution in [2.24, 2.45) is 0 Å². The number of nitrogens with one attached hydrogen (secondary N) is 3. The Morgan fingerprint density at radius 1 is 0.938 bits per heavy atom. The summed E-state index contributed by atoms with van der Waals surface area (Å²) in [6, 6.07) is 17.5. The van der Waals surface area contributed by atoms with Gasteiger partial charge in [-0.25, -0.2) is 9.97 Å². The maximum atomic E-state index is 13.2. The number of alkyl halides is 3. The number of nitrogens with zero attached hydrogens (tertiary/aromatic N) is 2. The number of para-hydroxylation sites is 2. The molecule has 6 nitrogen and oxygen atoms in total. The van der Waals surface area contributed by atoms with Crippen LogP contribution in [0, 0.1) is 0 Å². The molecule has 0 atom stereocenters. The summed E-state index contributed by atoms with van der Waals surface area (Å²) < 4.78 is 40.6. The number of hydrogen-bond acceptors (Lipinski definition) is 5. The molecule has 0 saturated heterocycles. The number of carbonyl (C=O) groups is 1. The molecule has 0 bridgehead atoms. The van der Waals surface area contributed by atoms with E-state index in [0.29, 0.717) is 21.7 Å². The van der Waals surface area contributed by atoms with Crippen LogP contribution in [0.2, 0.25) is 0 Å². The number of fused-ring (bicyclic) bond motifs is 2. The van der Waals surface area contributed by atoms with Gasteiger partial charge in [0.25, 0.3) is 5.91 Å². The molecule has 32 heavy (non-hydrogen) atoms. The van der Waals surface area contributed by atoms with E-state index in [2.05, 4.69) is 25.6 Å². The summed E-state index contributed by atoms with van der Waals surface area (Å²) in [5.41, 5.74) is 1.26. The Kier molecular flexibility index (Phi) is 4.78. The highest BCUT2D eigenvalue weighted by Gasteiger charge is 2.33. The van der Waals surface area contributed by atoms with Crippen LogP contribution in [-0.2, 0) is 6.18 Å². The monoisotopic (exact) mass is 453 g/mol. The van der Waals surface area contributed by atoms with E-state index in [0.717, 1.165) is 16.3 Å². The van der Waals surface area contributed by atoms with Gasteiger partial charge in [-0.3, -0.25) is 10.1 Å². The summed E-state index contributed by atoms with van der Waals surface area (Å²) in [6.45, 7) is 0. The van der Waals surface area contributed by atoms with Crippen molar-refractivity contribution in [3.8, 4) is 0 Å². The van der Waals surface area contributed by atoms with Crippen LogP contribution < -0.4 is 10.6 Å². The zero-order valence-electron chi connectivity index (χ0n) is 16.2. The van der Waals surface area contributed by atoms with E-state index >= 15 is 0 Å². The lowest BCUT2D eigenvalue weighted by Crippen LogP contribution is -2.11. The fraction of sp³-hybridized carbons (Fsp3) is 0.0455. The van der Waals surface area contributed by atoms with Gasteiger partial charge in [-0.1, -0.05) is 35.6 Å². The predicted octanol–water partition coefficient (Wildman–Crippen LogP) is 6.19. The summed E-state index contributed by atoms with van der Waals surface area (Å²) in [5, 5.41) is 5.93. The second-order valence-electron chi connectivity index (χ2n) is 6.93. The summed E-state index contributed by atoms with van der Waals surface area (Å²) in [5.74, 6) is -0.210. The highest BCUT2D eigenvalue weighted by Crippen LogP contribution is 2.35. The van der Waals surface area contributed by atoms with Gasteiger partial charge in [-0.05, 0) is 42.5 Å². The van der Waals surface area contributed by atoms with Gasteiger partial charge < -0.3 is 10.3 Å². The maximum absolute atomic E-state index is 13.2. The van der Waals surface area contributed by atoms with E-state index in [4.69, 9.17) is 0 Å². The van der Waals surface area contributed by atoms with Gasteiger partial charge in [0.1, 0.15) is 0 Å². The minimum absolute atomic E-state index is 0.118. The average Bonchev–Trinajstić information content (AvgIpc) is 3.35. The molecule has 0 aliphatic rings. The molecule has 3 aromatic carbocycles. The van der Waals surface area contributed by atoms with Crippen molar-refractivity contribution in [2.75, 3.05) is 10.6 Å². The van der Waals surface area contributed by atoms with Crippen molar-refractivity contribution in [3.63, 3.8) is 0 Å². The van der Waals surface area contributed by atoms with Gasteiger partial charge in [0.2, 0.25) is 5.95 Å². The average molecular weight is 453 g/mol. The molecule has 2 aromatic heterocycles. The number of aromatic amines is 1. The van der Waals surface area contributed by atoms with Crippen LogP contribution >= 0.6 is 11.3 Å². The van der Waals surface area contributed by atoms with Crippen molar-refractivity contribution in [3.05, 3.63) is 77.9 Å². The van der Waals surface area contributed by atoms with Gasteiger partial charge in [-0.15, -0.1) is 0 Å². The number of anilines is 3. The fourth-order valence-electron chi connectivity index (χ4n) is 3.27. The van der Waals surface area contributed by atoms with Crippen LogP contribution in [0.4, 0.5) is 29.9 Å². The third kappa shape index (κ3) is 3.87. The predicted molar refractivity (Wildman–Crippen MR) is 118 cm³/mol. The molecular formula is C22H14F3N5OS. The zero-order valence-corrected chi connectivity index (χ0v) is 17.0. The lowest BCUT2D eigenvalue weighted by Gasteiger charge is -2.12. The molecular weight excluding hydrogens is 439 g/mol. The molecule has 160 valence electrons. The highest BCUT2D eigenvalue weighted by atomic mass is 32.1. The van der Waals surface area contributed by atoms with Crippen LogP contribution in [0.25, 0.3) is 21.3 Å². The number of rotatable bonds is 4. The Morgan fingerprint density at radius 2 is 1.72 bits per heavy atom. The van der Waals surface area contributed by atoms with Gasteiger partial charge in [-0.2, -0.15) is 13.2 Å². The Balaban J connectivity index is 1.39. The quantitative estimate of drug-likeness (QED) is 0.303. The number of thiazole rings is 1. The third-order valence-electron chi connectivity index (χ3n) is 4.74. The van der Waals surface area contributed by atoms with Crippen LogP contribution in [-0.4, -0.2) is 20.9 Å². The first-order chi connectivity index (χ1) is 15.4. The topological polar surface area (TPSA) is 82.7 Å². The fourth-order valence-corrected chi connectivity index (χ4v) is 4.13. The molecule has 2 heterocycles. The van der Waals surface area contributed by atoms with E-state index < -0.39 is 11.7 Å². The smallest absolute Gasteiger partial charge is 0.325 e. The number of carbonyl (C=O) groups excluding carboxylic acids is 1. The molecule has 0 aliphatic carbocycles. The molecule has 5 rings (SSSR count). The Bertz CT molecular complexity index is 1420. The van der Waals surface area contributed by atoms with Crippen molar-refractivity contribution in [1.29, 1.82) is 0 Å². The molecule has 0 spiro atoms. The molecule has 0 fully saturated rings. The maximum Gasteiger partial charge on any atom is 0.418 e. The number of aromatic nitrogens is 3. The molecule has 5 aromatic rings. The second kappa shape index (κ2) is 7.65. The van der Waals surface area contributed by atoms with Crippen LogP contribution in [0.15, 0.2) is 66.7 Å².